The molecule has 1 aliphatic carbocycles. The van der Waals surface area contributed by atoms with Crippen LogP contribution in [0.25, 0.3) is 88.7 Å². The van der Waals surface area contributed by atoms with E-state index in [4.69, 9.17) is 18.2 Å². The Kier molecular flexibility index (Phi) is 6.62. The molecule has 0 atom stereocenters. The van der Waals surface area contributed by atoms with Crippen LogP contribution in [-0.2, 0) is 5.41 Å². The third kappa shape index (κ3) is 4.72. The first-order valence-electron chi connectivity index (χ1n) is 19.4. The second kappa shape index (κ2) is 11.8. The topological polar surface area (TPSA) is 55.6 Å². The molecule has 0 N–H and O–H groups in total. The van der Waals surface area contributed by atoms with Gasteiger partial charge in [0, 0.05) is 67.2 Å². The molecule has 0 unspecified atom stereocenters. The van der Waals surface area contributed by atoms with Gasteiger partial charge in [-0.05, 0) is 76.9 Å². The van der Waals surface area contributed by atoms with Crippen LogP contribution < -0.4 is 4.90 Å². The number of para-hydroxylation sites is 2. The molecule has 0 aliphatic heterocycles. The van der Waals surface area contributed by atoms with Gasteiger partial charge in [-0.2, -0.15) is 0 Å². The fraction of sp³-hybridized carbons (Fsp3) is 0.0577. The van der Waals surface area contributed by atoms with E-state index in [9.17, 15) is 0 Å². The quantitative estimate of drug-likeness (QED) is 0.176. The van der Waals surface area contributed by atoms with Crippen molar-refractivity contribution in [3.63, 3.8) is 0 Å². The Morgan fingerprint density at radius 1 is 0.456 bits per heavy atom. The van der Waals surface area contributed by atoms with Crippen LogP contribution in [0.15, 0.2) is 183 Å². The molecule has 0 saturated carbocycles. The molecular weight excluding hydrogens is 701 g/mol. The normalized spacial score (nSPS) is 13.2. The van der Waals surface area contributed by atoms with Crippen molar-refractivity contribution in [1.29, 1.82) is 0 Å². The molecule has 8 aromatic carbocycles. The summed E-state index contributed by atoms with van der Waals surface area (Å²) in [5, 5.41) is 4.26. The first-order chi connectivity index (χ1) is 28.0. The van der Waals surface area contributed by atoms with Crippen LogP contribution in [0.1, 0.15) is 25.0 Å². The minimum atomic E-state index is -0.131. The summed E-state index contributed by atoms with van der Waals surface area (Å²) in [4.78, 5) is 7.17. The SMILES string of the molecule is CC1(C)c2ccccc2-c2c(N(c3ccc(-c4cccc5c4oc4cc6nc(-c7ccccc7)oc6cc45)cc3)c3ccc4c(c3)oc3ccccc34)cccc21. The lowest BCUT2D eigenvalue weighted by molar-refractivity contribution is 0.620. The van der Waals surface area contributed by atoms with Crippen LogP contribution in [0, 0.1) is 0 Å². The van der Waals surface area contributed by atoms with E-state index in [1.54, 1.807) is 0 Å². The highest BCUT2D eigenvalue weighted by Gasteiger charge is 2.37. The van der Waals surface area contributed by atoms with Crippen molar-refractivity contribution in [2.45, 2.75) is 19.3 Å². The predicted octanol–water partition coefficient (Wildman–Crippen LogP) is 14.7. The van der Waals surface area contributed by atoms with Gasteiger partial charge in [-0.3, -0.25) is 0 Å². The maximum atomic E-state index is 6.64. The second-order valence-corrected chi connectivity index (χ2v) is 15.5. The minimum Gasteiger partial charge on any atom is -0.456 e. The van der Waals surface area contributed by atoms with E-state index in [0.717, 1.165) is 88.7 Å². The van der Waals surface area contributed by atoms with Gasteiger partial charge in [-0.15, -0.1) is 0 Å². The smallest absolute Gasteiger partial charge is 0.227 e. The number of hydrogen-bond donors (Lipinski definition) is 0. The standard InChI is InChI=1S/C52H34N2O3/c1-52(2)41-18-8-6-15-39(41)49-42(52)19-11-20-44(49)54(34-26-27-37-36-14-7-9-21-45(36)55-46(37)28-34)33-24-22-31(23-25-33)35-16-10-17-38-40-29-48-43(30-47(40)56-50(35)38)53-51(57-48)32-12-4-3-5-13-32/h3-30H,1-2H3. The summed E-state index contributed by atoms with van der Waals surface area (Å²) in [5.74, 6) is 0.600. The van der Waals surface area contributed by atoms with Crippen LogP contribution in [0.3, 0.4) is 0 Å². The van der Waals surface area contributed by atoms with Crippen LogP contribution in [0.2, 0.25) is 0 Å². The molecule has 12 rings (SSSR count). The monoisotopic (exact) mass is 734 g/mol. The first-order valence-corrected chi connectivity index (χ1v) is 19.4. The van der Waals surface area contributed by atoms with Crippen molar-refractivity contribution in [2.75, 3.05) is 4.90 Å². The van der Waals surface area contributed by atoms with Crippen molar-refractivity contribution in [3.05, 3.63) is 181 Å². The summed E-state index contributed by atoms with van der Waals surface area (Å²) in [6.07, 6.45) is 0. The Morgan fingerprint density at radius 3 is 2.05 bits per heavy atom. The van der Waals surface area contributed by atoms with Gasteiger partial charge in [0.25, 0.3) is 0 Å². The fourth-order valence-electron chi connectivity index (χ4n) is 9.14. The molecule has 0 saturated heterocycles. The number of nitrogens with zero attached hydrogens (tertiary/aromatic N) is 2. The van der Waals surface area contributed by atoms with Crippen molar-refractivity contribution >= 4 is 72.0 Å². The number of furan rings is 2. The van der Waals surface area contributed by atoms with Gasteiger partial charge in [-0.1, -0.05) is 117 Å². The number of anilines is 3. The van der Waals surface area contributed by atoms with Crippen molar-refractivity contribution in [2.24, 2.45) is 0 Å². The summed E-state index contributed by atoms with van der Waals surface area (Å²) in [6.45, 7) is 4.66. The lowest BCUT2D eigenvalue weighted by Gasteiger charge is -2.29. The van der Waals surface area contributed by atoms with Crippen molar-refractivity contribution < 1.29 is 13.3 Å². The van der Waals surface area contributed by atoms with E-state index in [-0.39, 0.29) is 5.41 Å². The van der Waals surface area contributed by atoms with Crippen LogP contribution in [0.5, 0.6) is 0 Å². The summed E-state index contributed by atoms with van der Waals surface area (Å²) in [6, 6.07) is 59.6. The van der Waals surface area contributed by atoms with Gasteiger partial charge in [0.2, 0.25) is 5.89 Å². The largest absolute Gasteiger partial charge is 0.456 e. The molecule has 0 radical (unpaired) electrons. The molecule has 0 spiro atoms. The fourth-order valence-corrected chi connectivity index (χ4v) is 9.14. The molecule has 1 aliphatic rings. The number of benzene rings is 8. The molecular formula is C52H34N2O3. The molecule has 0 amide bonds. The molecule has 270 valence electrons. The summed E-state index contributed by atoms with van der Waals surface area (Å²) in [7, 11) is 0. The maximum Gasteiger partial charge on any atom is 0.227 e. The van der Waals surface area contributed by atoms with E-state index >= 15 is 0 Å². The summed E-state index contributed by atoms with van der Waals surface area (Å²) < 4.78 is 19.3. The Hall–Kier alpha value is -7.37. The van der Waals surface area contributed by atoms with Crippen molar-refractivity contribution in [3.8, 4) is 33.7 Å². The third-order valence-corrected chi connectivity index (χ3v) is 11.9. The molecule has 5 nitrogen and oxygen atoms in total. The van der Waals surface area contributed by atoms with Crippen molar-refractivity contribution in [1.82, 2.24) is 4.98 Å². The van der Waals surface area contributed by atoms with Crippen LogP contribution in [0.4, 0.5) is 17.1 Å². The van der Waals surface area contributed by atoms with E-state index < -0.39 is 0 Å². The van der Waals surface area contributed by atoms with Gasteiger partial charge in [0.15, 0.2) is 5.58 Å². The lowest BCUT2D eigenvalue weighted by Crippen LogP contribution is -2.16. The number of aromatic nitrogens is 1. The number of oxazole rings is 1. The molecule has 3 aromatic heterocycles. The van der Waals surface area contributed by atoms with Gasteiger partial charge < -0.3 is 18.2 Å². The van der Waals surface area contributed by atoms with Gasteiger partial charge >= 0.3 is 0 Å². The Balaban J connectivity index is 0.999. The average Bonchev–Trinajstić information content (AvgIpc) is 4.00. The zero-order valence-corrected chi connectivity index (χ0v) is 31.3. The summed E-state index contributed by atoms with van der Waals surface area (Å²) in [5.41, 5.74) is 16.2. The molecule has 57 heavy (non-hydrogen) atoms. The molecule has 11 aromatic rings. The van der Waals surface area contributed by atoms with Crippen LogP contribution >= 0.6 is 0 Å². The number of hydrogen-bond acceptors (Lipinski definition) is 5. The van der Waals surface area contributed by atoms with E-state index in [1.807, 2.05) is 48.5 Å². The van der Waals surface area contributed by atoms with Gasteiger partial charge in [-0.25, -0.2) is 4.98 Å². The van der Waals surface area contributed by atoms with Crippen LogP contribution in [-0.4, -0.2) is 4.98 Å². The highest BCUT2D eigenvalue weighted by atomic mass is 16.4. The first kappa shape index (κ1) is 31.9. The lowest BCUT2D eigenvalue weighted by atomic mass is 9.82. The van der Waals surface area contributed by atoms with E-state index in [1.165, 1.54) is 22.3 Å². The second-order valence-electron chi connectivity index (χ2n) is 15.5. The Morgan fingerprint density at radius 2 is 1.16 bits per heavy atom. The average molecular weight is 735 g/mol. The zero-order chi connectivity index (χ0) is 37.8. The van der Waals surface area contributed by atoms with E-state index in [2.05, 4.69) is 140 Å². The maximum absolute atomic E-state index is 6.64. The zero-order valence-electron chi connectivity index (χ0n) is 31.3. The number of rotatable bonds is 5. The molecule has 0 bridgehead atoms. The van der Waals surface area contributed by atoms with Gasteiger partial charge in [0.1, 0.15) is 27.8 Å². The molecule has 0 fully saturated rings. The minimum absolute atomic E-state index is 0.131. The summed E-state index contributed by atoms with van der Waals surface area (Å²) >= 11 is 0. The Labute approximate surface area is 328 Å². The molecule has 3 heterocycles. The van der Waals surface area contributed by atoms with E-state index in [0.29, 0.717) is 5.89 Å². The Bertz CT molecular complexity index is 3380. The van der Waals surface area contributed by atoms with Gasteiger partial charge in [0.05, 0.1) is 5.69 Å². The third-order valence-electron chi connectivity index (χ3n) is 11.9. The number of fused-ring (bicyclic) bond motifs is 10. The highest BCUT2D eigenvalue weighted by molar-refractivity contribution is 6.12. The highest BCUT2D eigenvalue weighted by Crippen LogP contribution is 2.54. The predicted molar refractivity (Wildman–Crippen MR) is 232 cm³/mol. The molecule has 5 heteroatoms.